The van der Waals surface area contributed by atoms with Crippen LogP contribution in [0.15, 0.2) is 60.7 Å². The van der Waals surface area contributed by atoms with Crippen molar-refractivity contribution in [2.45, 2.75) is 108 Å². The molecule has 4 fully saturated rings. The van der Waals surface area contributed by atoms with Crippen molar-refractivity contribution < 1.29 is 38.6 Å². The molecule has 4 aliphatic heterocycles. The first-order chi connectivity index (χ1) is 27.0. The minimum Gasteiger partial charge on any atom is -0.366 e. The monoisotopic (exact) mass is 773 g/mol. The number of nitrogens with zero attached hydrogens (tertiary/aromatic N) is 3. The lowest BCUT2D eigenvalue weighted by molar-refractivity contribution is -0.166. The molecule has 2 aromatic carbocycles. The summed E-state index contributed by atoms with van der Waals surface area (Å²) in [5.41, 5.74) is 1.81. The van der Waals surface area contributed by atoms with Crippen molar-refractivity contribution >= 4 is 35.6 Å². The van der Waals surface area contributed by atoms with Crippen LogP contribution in [0.5, 0.6) is 0 Å². The van der Waals surface area contributed by atoms with Crippen LogP contribution >= 0.6 is 0 Å². The van der Waals surface area contributed by atoms with Gasteiger partial charge >= 0.3 is 6.03 Å². The molecule has 56 heavy (non-hydrogen) atoms. The molecule has 0 radical (unpaired) electrons. The summed E-state index contributed by atoms with van der Waals surface area (Å²) in [6, 6.07) is 12.4. The molecule has 6 rings (SSSR count). The van der Waals surface area contributed by atoms with Crippen LogP contribution < -0.4 is 21.3 Å². The second-order valence-corrected chi connectivity index (χ2v) is 15.5. The largest absolute Gasteiger partial charge is 0.366 e. The van der Waals surface area contributed by atoms with Crippen LogP contribution in [0.2, 0.25) is 0 Å². The van der Waals surface area contributed by atoms with Gasteiger partial charge in [0.2, 0.25) is 29.5 Å². The van der Waals surface area contributed by atoms with Gasteiger partial charge in [-0.1, -0.05) is 67.6 Å². The van der Waals surface area contributed by atoms with Crippen LogP contribution in [0, 0.1) is 5.92 Å². The lowest BCUT2D eigenvalue weighted by Crippen LogP contribution is -2.62. The fourth-order valence-electron chi connectivity index (χ4n) is 8.36. The Morgan fingerprint density at radius 2 is 1.50 bits per heavy atom. The number of hydrogen-bond acceptors (Lipinski definition) is 8. The van der Waals surface area contributed by atoms with E-state index < -0.39 is 78.8 Å². The summed E-state index contributed by atoms with van der Waals surface area (Å²) in [6.07, 6.45) is 2.32. The highest BCUT2D eigenvalue weighted by molar-refractivity contribution is 5.97. The summed E-state index contributed by atoms with van der Waals surface area (Å²) in [5.74, 6) is -2.42. The Kier molecular flexibility index (Phi) is 13.6. The van der Waals surface area contributed by atoms with E-state index in [1.807, 2.05) is 67.6 Å². The number of hydrogen-bond donors (Lipinski definition) is 5. The van der Waals surface area contributed by atoms with Gasteiger partial charge in [-0.25, -0.2) is 4.79 Å². The van der Waals surface area contributed by atoms with Crippen molar-refractivity contribution in [1.82, 2.24) is 36.0 Å². The molecule has 4 saturated heterocycles. The minimum absolute atomic E-state index is 0.0183. The van der Waals surface area contributed by atoms with E-state index in [0.29, 0.717) is 58.2 Å². The lowest BCUT2D eigenvalue weighted by Gasteiger charge is -2.39. The van der Waals surface area contributed by atoms with Crippen LogP contribution in [0.3, 0.4) is 0 Å². The Morgan fingerprint density at radius 1 is 0.839 bits per heavy atom. The van der Waals surface area contributed by atoms with E-state index in [0.717, 1.165) is 17.5 Å². The highest BCUT2D eigenvalue weighted by Gasteiger charge is 2.45. The molecule has 15 nitrogen and oxygen atoms in total. The van der Waals surface area contributed by atoms with E-state index in [9.17, 15) is 33.9 Å². The number of rotatable bonds is 8. The fourth-order valence-corrected chi connectivity index (χ4v) is 8.36. The molecule has 8 atom stereocenters. The van der Waals surface area contributed by atoms with Gasteiger partial charge in [0.05, 0.1) is 12.6 Å². The second-order valence-electron chi connectivity index (χ2n) is 15.5. The summed E-state index contributed by atoms with van der Waals surface area (Å²) in [5, 5.41) is 22.6. The number of carbonyl (C=O) groups is 6. The summed E-state index contributed by atoms with van der Waals surface area (Å²) in [7, 11) is 0. The molecule has 0 aromatic heterocycles. The number of carbonyl (C=O) groups excluding carboxylic acids is 6. The predicted octanol–water partition coefficient (Wildman–Crippen LogP) is 1.09. The molecular formula is C41H55N7O8. The van der Waals surface area contributed by atoms with E-state index in [2.05, 4.69) is 21.3 Å². The molecule has 2 aromatic rings. The molecule has 7 amide bonds. The molecule has 4 heterocycles. The number of aliphatic hydroxyl groups excluding tert-OH is 1. The smallest absolute Gasteiger partial charge is 0.315 e. The normalized spacial score (nSPS) is 28.1. The third kappa shape index (κ3) is 9.85. The Hall–Kier alpha value is -5.02. The zero-order valence-electron chi connectivity index (χ0n) is 32.2. The Balaban J connectivity index is 1.26. The van der Waals surface area contributed by atoms with E-state index in [1.54, 1.807) is 6.92 Å². The molecule has 302 valence electrons. The highest BCUT2D eigenvalue weighted by Crippen LogP contribution is 2.29. The molecule has 0 bridgehead atoms. The number of amides is 7. The summed E-state index contributed by atoms with van der Waals surface area (Å²) in [4.78, 5) is 88.0. The number of aliphatic hydroxyl groups is 1. The SMILES string of the molecule is C[C@@H]1C[C@H]2C(O)OC[C@H](NC(=O)[C@H](Cc3ccccc3)NC(=O)NCCc3ccccc3)C(=O)N3CCC[C@H]3C(=O)N3CCCC[C@H]3C(=O)N[C@@H](C)C(=O)N2C1. The van der Waals surface area contributed by atoms with Gasteiger partial charge in [-0.3, -0.25) is 24.0 Å². The first kappa shape index (κ1) is 40.6. The number of benzene rings is 2. The third-order valence-electron chi connectivity index (χ3n) is 11.3. The Bertz CT molecular complexity index is 1710. The van der Waals surface area contributed by atoms with E-state index in [4.69, 9.17) is 4.74 Å². The standard InChI is InChI=1S/C41H55N7O8/c1-26-22-34-40(54)56-25-31(44-35(49)30(23-29-14-7-4-8-15-29)45-41(55)42-19-18-28-12-5-3-6-13-28)38(52)47-21-11-17-33(47)39(53)46-20-10-9-16-32(46)36(50)43-27(2)37(51)48(34)24-26/h3-8,12-15,26-27,30-34,40,54H,9-11,16-25H2,1-2H3,(H,43,50)(H,44,49)(H2,42,45,55)/t26-,27+,30+,31+,32+,33+,34+,40?/m1/s1. The average molecular weight is 774 g/mol. The average Bonchev–Trinajstić information content (AvgIpc) is 3.86. The maximum absolute atomic E-state index is 14.5. The van der Waals surface area contributed by atoms with Crippen LogP contribution in [0.4, 0.5) is 4.79 Å². The number of nitrogens with one attached hydrogen (secondary N) is 4. The van der Waals surface area contributed by atoms with Crippen molar-refractivity contribution in [2.75, 3.05) is 32.8 Å². The van der Waals surface area contributed by atoms with Gasteiger partial charge in [0.25, 0.3) is 0 Å². The van der Waals surface area contributed by atoms with Gasteiger partial charge in [-0.05, 0) is 68.9 Å². The van der Waals surface area contributed by atoms with E-state index >= 15 is 0 Å². The van der Waals surface area contributed by atoms with Gasteiger partial charge < -0.3 is 45.8 Å². The number of ether oxygens (including phenoxy) is 1. The Morgan fingerprint density at radius 3 is 2.23 bits per heavy atom. The molecule has 0 aliphatic carbocycles. The van der Waals surface area contributed by atoms with E-state index in [1.165, 1.54) is 14.7 Å². The topological polar surface area (TPSA) is 190 Å². The minimum atomic E-state index is -1.52. The first-order valence-electron chi connectivity index (χ1n) is 19.9. The van der Waals surface area contributed by atoms with E-state index in [-0.39, 0.29) is 24.8 Å². The van der Waals surface area contributed by atoms with Gasteiger partial charge in [0, 0.05) is 32.6 Å². The van der Waals surface area contributed by atoms with Gasteiger partial charge in [0.15, 0.2) is 6.29 Å². The van der Waals surface area contributed by atoms with Gasteiger partial charge in [-0.15, -0.1) is 0 Å². The van der Waals surface area contributed by atoms with Crippen molar-refractivity contribution in [2.24, 2.45) is 5.92 Å². The maximum atomic E-state index is 14.5. The fraction of sp³-hybridized carbons (Fsp3) is 0.561. The molecule has 0 saturated carbocycles. The summed E-state index contributed by atoms with van der Waals surface area (Å²) in [6.45, 7) is 4.30. The number of fused-ring (bicyclic) bond motifs is 3. The molecule has 15 heteroatoms. The summed E-state index contributed by atoms with van der Waals surface area (Å²) >= 11 is 0. The summed E-state index contributed by atoms with van der Waals surface area (Å²) < 4.78 is 5.95. The molecular weight excluding hydrogens is 718 g/mol. The maximum Gasteiger partial charge on any atom is 0.315 e. The first-order valence-corrected chi connectivity index (χ1v) is 19.9. The second kappa shape index (κ2) is 18.7. The predicted molar refractivity (Wildman–Crippen MR) is 205 cm³/mol. The van der Waals surface area contributed by atoms with Crippen molar-refractivity contribution in [1.29, 1.82) is 0 Å². The van der Waals surface area contributed by atoms with Crippen LogP contribution in [-0.2, 0) is 41.6 Å². The lowest BCUT2D eigenvalue weighted by atomic mass is 9.99. The zero-order chi connectivity index (χ0) is 39.8. The van der Waals surface area contributed by atoms with Crippen molar-refractivity contribution in [3.8, 4) is 0 Å². The van der Waals surface area contributed by atoms with Gasteiger partial charge in [0.1, 0.15) is 30.2 Å². The number of urea groups is 1. The quantitative estimate of drug-likeness (QED) is 0.264. The van der Waals surface area contributed by atoms with Crippen molar-refractivity contribution in [3.63, 3.8) is 0 Å². The van der Waals surface area contributed by atoms with Crippen molar-refractivity contribution in [3.05, 3.63) is 71.8 Å². The molecule has 1 unspecified atom stereocenters. The molecule has 5 N–H and O–H groups in total. The highest BCUT2D eigenvalue weighted by atomic mass is 16.6. The van der Waals surface area contributed by atoms with Gasteiger partial charge in [-0.2, -0.15) is 0 Å². The Labute approximate surface area is 327 Å². The third-order valence-corrected chi connectivity index (χ3v) is 11.3. The van der Waals surface area contributed by atoms with Crippen LogP contribution in [-0.4, -0.2) is 131 Å². The molecule has 4 aliphatic rings. The van der Waals surface area contributed by atoms with Crippen LogP contribution in [0.25, 0.3) is 0 Å². The van der Waals surface area contributed by atoms with Crippen LogP contribution in [0.1, 0.15) is 63.5 Å². The zero-order valence-corrected chi connectivity index (χ0v) is 32.2. The number of piperidine rings is 1. The molecule has 0 spiro atoms.